The van der Waals surface area contributed by atoms with Crippen molar-refractivity contribution in [2.75, 3.05) is 17.2 Å². The SMILES string of the molecule is CCOC(=O)c1c(NC(=O)C(Sc2cccc(NC(=O)/C(=C/c3c[nH]c4ccccc34)NC(=O)c3ccccc3)c2)c2ccccc2)sc2c1CCC(c1ccccc1)C2. The lowest BCUT2D eigenvalue weighted by atomic mass is 9.83. The number of thioether (sulfide) groups is 1. The van der Waals surface area contributed by atoms with Gasteiger partial charge in [0.2, 0.25) is 5.91 Å². The maximum atomic E-state index is 14.5. The summed E-state index contributed by atoms with van der Waals surface area (Å²) in [6, 6.07) is 43.5. The fourth-order valence-electron chi connectivity index (χ4n) is 7.47. The molecule has 4 N–H and O–H groups in total. The predicted octanol–water partition coefficient (Wildman–Crippen LogP) is 10.6. The highest BCUT2D eigenvalue weighted by atomic mass is 32.2. The number of amides is 3. The summed E-state index contributed by atoms with van der Waals surface area (Å²) in [5.41, 5.74) is 5.99. The lowest BCUT2D eigenvalue weighted by Gasteiger charge is -2.23. The van der Waals surface area contributed by atoms with Gasteiger partial charge in [-0.3, -0.25) is 14.4 Å². The van der Waals surface area contributed by atoms with Crippen molar-refractivity contribution in [2.24, 2.45) is 0 Å². The van der Waals surface area contributed by atoms with Crippen LogP contribution < -0.4 is 16.0 Å². The van der Waals surface area contributed by atoms with Crippen molar-refractivity contribution >= 4 is 74.5 Å². The molecule has 2 unspecified atom stereocenters. The van der Waals surface area contributed by atoms with Gasteiger partial charge in [0, 0.05) is 43.7 Å². The van der Waals surface area contributed by atoms with Gasteiger partial charge in [0.05, 0.1) is 12.2 Å². The number of hydrogen-bond donors (Lipinski definition) is 4. The molecule has 0 radical (unpaired) electrons. The summed E-state index contributed by atoms with van der Waals surface area (Å²) >= 11 is 2.78. The first-order chi connectivity index (χ1) is 29.3. The van der Waals surface area contributed by atoms with Crippen LogP contribution >= 0.6 is 23.1 Å². The molecule has 1 aliphatic rings. The molecule has 0 bridgehead atoms. The molecule has 2 atom stereocenters. The third kappa shape index (κ3) is 9.12. The third-order valence-electron chi connectivity index (χ3n) is 10.4. The summed E-state index contributed by atoms with van der Waals surface area (Å²) in [6.45, 7) is 2.00. The van der Waals surface area contributed by atoms with E-state index in [2.05, 4.69) is 33.1 Å². The van der Waals surface area contributed by atoms with Crippen LogP contribution in [-0.2, 0) is 27.2 Å². The number of rotatable bonds is 13. The Morgan fingerprint density at radius 3 is 2.33 bits per heavy atom. The number of benzene rings is 5. The zero-order valence-electron chi connectivity index (χ0n) is 32.8. The number of ether oxygens (including phenoxy) is 1. The van der Waals surface area contributed by atoms with Gasteiger partial charge in [-0.1, -0.05) is 103 Å². The van der Waals surface area contributed by atoms with Crippen molar-refractivity contribution in [3.05, 3.63) is 190 Å². The maximum absolute atomic E-state index is 14.5. The molecule has 2 aromatic heterocycles. The number of hydrogen-bond acceptors (Lipinski definition) is 7. The normalized spacial score (nSPS) is 14.2. The monoisotopic (exact) mass is 830 g/mol. The van der Waals surface area contributed by atoms with E-state index in [4.69, 9.17) is 4.74 Å². The van der Waals surface area contributed by atoms with Crippen LogP contribution in [0, 0.1) is 0 Å². The second kappa shape index (κ2) is 18.5. The number of aromatic amines is 1. The van der Waals surface area contributed by atoms with Crippen LogP contribution in [0.5, 0.6) is 0 Å². The first kappa shape index (κ1) is 40.1. The predicted molar refractivity (Wildman–Crippen MR) is 240 cm³/mol. The van der Waals surface area contributed by atoms with E-state index in [9.17, 15) is 19.2 Å². The molecule has 8 rings (SSSR count). The first-order valence-electron chi connectivity index (χ1n) is 19.8. The van der Waals surface area contributed by atoms with Gasteiger partial charge in [0.25, 0.3) is 11.8 Å². The average molecular weight is 831 g/mol. The molecule has 0 fully saturated rings. The first-order valence-corrected chi connectivity index (χ1v) is 21.5. The maximum Gasteiger partial charge on any atom is 0.341 e. The number of anilines is 2. The van der Waals surface area contributed by atoms with Crippen LogP contribution in [0.2, 0.25) is 0 Å². The van der Waals surface area contributed by atoms with E-state index in [-0.39, 0.29) is 18.2 Å². The molecule has 3 amide bonds. The van der Waals surface area contributed by atoms with Crippen LogP contribution in [0.25, 0.3) is 17.0 Å². The fourth-order valence-corrected chi connectivity index (χ4v) is 9.88. The minimum Gasteiger partial charge on any atom is -0.462 e. The second-order valence-corrected chi connectivity index (χ2v) is 16.6. The molecule has 1 aliphatic carbocycles. The van der Waals surface area contributed by atoms with E-state index in [1.807, 2.05) is 84.9 Å². The molecule has 0 spiro atoms. The molecule has 0 saturated heterocycles. The van der Waals surface area contributed by atoms with Crippen molar-refractivity contribution in [2.45, 2.75) is 42.2 Å². The van der Waals surface area contributed by atoms with Gasteiger partial charge in [-0.2, -0.15) is 0 Å². The van der Waals surface area contributed by atoms with Crippen LogP contribution in [0.15, 0.2) is 156 Å². The fraction of sp³-hybridized carbons (Fsp3) is 0.143. The topological polar surface area (TPSA) is 129 Å². The van der Waals surface area contributed by atoms with E-state index in [0.717, 1.165) is 45.3 Å². The molecule has 7 aromatic rings. The number of aromatic nitrogens is 1. The molecule has 11 heteroatoms. The van der Waals surface area contributed by atoms with Crippen molar-refractivity contribution in [1.82, 2.24) is 10.3 Å². The molecule has 0 aliphatic heterocycles. The summed E-state index contributed by atoms with van der Waals surface area (Å²) < 4.78 is 5.53. The van der Waals surface area contributed by atoms with E-state index >= 15 is 0 Å². The van der Waals surface area contributed by atoms with Gasteiger partial charge in [-0.05, 0) is 91.3 Å². The summed E-state index contributed by atoms with van der Waals surface area (Å²) in [6.07, 6.45) is 5.82. The third-order valence-corrected chi connectivity index (χ3v) is 12.8. The van der Waals surface area contributed by atoms with Gasteiger partial charge in [-0.25, -0.2) is 4.79 Å². The Morgan fingerprint density at radius 1 is 0.850 bits per heavy atom. The van der Waals surface area contributed by atoms with E-state index in [1.165, 1.54) is 28.7 Å². The number of carbonyl (C=O) groups is 4. The second-order valence-electron chi connectivity index (χ2n) is 14.3. The molecule has 300 valence electrons. The van der Waals surface area contributed by atoms with Crippen LogP contribution in [-0.4, -0.2) is 35.3 Å². The highest BCUT2D eigenvalue weighted by Crippen LogP contribution is 2.44. The Kier molecular flexibility index (Phi) is 12.4. The minimum atomic E-state index is -0.717. The Bertz CT molecular complexity index is 2690. The van der Waals surface area contributed by atoms with E-state index < -0.39 is 23.0 Å². The zero-order valence-corrected chi connectivity index (χ0v) is 34.4. The summed E-state index contributed by atoms with van der Waals surface area (Å²) in [5, 5.41) is 9.60. The van der Waals surface area contributed by atoms with Crippen molar-refractivity contribution in [1.29, 1.82) is 0 Å². The summed E-state index contributed by atoms with van der Waals surface area (Å²) in [5.74, 6) is -1.36. The molecule has 60 heavy (non-hydrogen) atoms. The van der Waals surface area contributed by atoms with E-state index in [0.29, 0.717) is 39.0 Å². The smallest absolute Gasteiger partial charge is 0.341 e. The highest BCUT2D eigenvalue weighted by molar-refractivity contribution is 8.00. The Morgan fingerprint density at radius 2 is 1.57 bits per heavy atom. The van der Waals surface area contributed by atoms with Crippen molar-refractivity contribution in [3.8, 4) is 0 Å². The number of esters is 1. The molecule has 9 nitrogen and oxygen atoms in total. The summed E-state index contributed by atoms with van der Waals surface area (Å²) in [7, 11) is 0. The zero-order chi connectivity index (χ0) is 41.4. The van der Waals surface area contributed by atoms with Crippen molar-refractivity contribution < 1.29 is 23.9 Å². The van der Waals surface area contributed by atoms with Crippen LogP contribution in [0.3, 0.4) is 0 Å². The molecular weight excluding hydrogens is 789 g/mol. The number of thiophene rings is 1. The molecule has 0 saturated carbocycles. The Labute approximate surface area is 356 Å². The number of carbonyl (C=O) groups excluding carboxylic acids is 4. The lowest BCUT2D eigenvalue weighted by Crippen LogP contribution is -2.30. The van der Waals surface area contributed by atoms with Gasteiger partial charge >= 0.3 is 5.97 Å². The minimum absolute atomic E-state index is 0.0549. The largest absolute Gasteiger partial charge is 0.462 e. The number of para-hydroxylation sites is 1. The quantitative estimate of drug-likeness (QED) is 0.0520. The van der Waals surface area contributed by atoms with E-state index in [1.54, 1.807) is 61.7 Å². The number of nitrogens with one attached hydrogen (secondary N) is 4. The standard InChI is InChI=1S/C49H42N4O5S2/c1-2-58-49(57)43-39-26-25-34(31-15-6-3-7-16-31)28-42(39)60-48(43)53-47(56)44(32-17-8-4-9-18-32)59-37-22-14-21-36(29-37)51-46(55)41(52-45(54)33-19-10-5-11-20-33)27-35-30-50-40-24-13-12-23-38(35)40/h3-24,27,29-30,34,44,50H,2,25-26,28H2,1H3,(H,51,55)(H,52,54)(H,53,56)/b41-27-. The molecule has 5 aromatic carbocycles. The molecular formula is C49H42N4O5S2. The Hall–Kier alpha value is -6.69. The van der Waals surface area contributed by atoms with Crippen LogP contribution in [0.4, 0.5) is 10.7 Å². The molecule has 2 heterocycles. The van der Waals surface area contributed by atoms with Gasteiger partial charge in [0.1, 0.15) is 15.9 Å². The average Bonchev–Trinajstić information content (AvgIpc) is 3.86. The van der Waals surface area contributed by atoms with Gasteiger partial charge < -0.3 is 25.7 Å². The van der Waals surface area contributed by atoms with Crippen LogP contribution in [0.1, 0.15) is 72.4 Å². The lowest BCUT2D eigenvalue weighted by molar-refractivity contribution is -0.116. The number of H-pyrrole nitrogens is 1. The van der Waals surface area contributed by atoms with Gasteiger partial charge in [0.15, 0.2) is 0 Å². The van der Waals surface area contributed by atoms with Crippen molar-refractivity contribution in [3.63, 3.8) is 0 Å². The number of fused-ring (bicyclic) bond motifs is 2. The highest BCUT2D eigenvalue weighted by Gasteiger charge is 2.32. The Balaban J connectivity index is 1.05. The summed E-state index contributed by atoms with van der Waals surface area (Å²) in [4.78, 5) is 60.3. The van der Waals surface area contributed by atoms with Gasteiger partial charge in [-0.15, -0.1) is 23.1 Å².